The van der Waals surface area contributed by atoms with E-state index >= 15 is 0 Å². The van der Waals surface area contributed by atoms with Gasteiger partial charge < -0.3 is 10.1 Å². The molecule has 1 N–H and O–H groups in total. The van der Waals surface area contributed by atoms with Crippen LogP contribution in [0, 0.1) is 6.92 Å². The van der Waals surface area contributed by atoms with Crippen LogP contribution in [0.3, 0.4) is 0 Å². The number of amides is 1. The van der Waals surface area contributed by atoms with Crippen molar-refractivity contribution in [1.29, 1.82) is 0 Å². The van der Waals surface area contributed by atoms with Crippen molar-refractivity contribution >= 4 is 11.7 Å². The number of fused-ring (bicyclic) bond motifs is 1. The maximum Gasteiger partial charge on any atom is 0.258 e. The molecule has 1 unspecified atom stereocenters. The van der Waals surface area contributed by atoms with Gasteiger partial charge in [-0.25, -0.2) is 0 Å². The lowest BCUT2D eigenvalue weighted by molar-refractivity contribution is -0.123. The molecule has 2 rings (SSSR count). The summed E-state index contributed by atoms with van der Waals surface area (Å²) < 4.78 is 5.55. The Bertz CT molecular complexity index is 549. The fraction of sp³-hybridized carbons (Fsp3) is 0.500. The highest BCUT2D eigenvalue weighted by Gasteiger charge is 2.31. The molecule has 0 radical (unpaired) electrons. The number of ketones is 1. The molecule has 1 aliphatic carbocycles. The van der Waals surface area contributed by atoms with Gasteiger partial charge in [0.15, 0.2) is 12.4 Å². The number of hydrogen-bond donors (Lipinski definition) is 1. The zero-order chi connectivity index (χ0) is 14.9. The Hall–Kier alpha value is -1.84. The Kier molecular flexibility index (Phi) is 4.12. The van der Waals surface area contributed by atoms with E-state index in [0.717, 1.165) is 11.1 Å². The lowest BCUT2D eigenvalue weighted by Gasteiger charge is -2.14. The van der Waals surface area contributed by atoms with Crippen LogP contribution in [-0.2, 0) is 4.79 Å². The van der Waals surface area contributed by atoms with Crippen LogP contribution in [0.5, 0.6) is 5.75 Å². The van der Waals surface area contributed by atoms with Crippen molar-refractivity contribution in [2.45, 2.75) is 46.1 Å². The zero-order valence-electron chi connectivity index (χ0n) is 12.4. The zero-order valence-corrected chi connectivity index (χ0v) is 12.4. The number of nitrogens with one attached hydrogen (secondary N) is 1. The molecule has 0 saturated carbocycles. The van der Waals surface area contributed by atoms with Crippen molar-refractivity contribution < 1.29 is 14.3 Å². The van der Waals surface area contributed by atoms with Gasteiger partial charge in [-0.15, -0.1) is 0 Å². The molecule has 1 aromatic rings. The van der Waals surface area contributed by atoms with Gasteiger partial charge in [0.05, 0.1) is 5.56 Å². The van der Waals surface area contributed by atoms with Gasteiger partial charge in [0.25, 0.3) is 5.91 Å². The van der Waals surface area contributed by atoms with Gasteiger partial charge in [-0.1, -0.05) is 13.0 Å². The standard InChI is InChI=1S/C16H21NO3/c1-9(2)17-14(19)8-20-13-6-5-10(3)15-11(4)7-12(18)16(13)15/h5-6,9,11H,7-8H2,1-4H3,(H,17,19). The van der Waals surface area contributed by atoms with Crippen LogP contribution in [0.1, 0.15) is 54.6 Å². The Labute approximate surface area is 119 Å². The maximum absolute atomic E-state index is 12.1. The fourth-order valence-electron chi connectivity index (χ4n) is 2.74. The molecule has 1 aromatic carbocycles. The summed E-state index contributed by atoms with van der Waals surface area (Å²) in [5.41, 5.74) is 2.84. The second-order valence-electron chi connectivity index (χ2n) is 5.71. The minimum atomic E-state index is -0.173. The van der Waals surface area contributed by atoms with Gasteiger partial charge in [-0.3, -0.25) is 9.59 Å². The van der Waals surface area contributed by atoms with Crippen molar-refractivity contribution in [1.82, 2.24) is 5.32 Å². The third-order valence-corrected chi connectivity index (χ3v) is 3.50. The van der Waals surface area contributed by atoms with E-state index < -0.39 is 0 Å². The van der Waals surface area contributed by atoms with Crippen LogP contribution in [0.25, 0.3) is 0 Å². The summed E-state index contributed by atoms with van der Waals surface area (Å²) in [4.78, 5) is 23.7. The SMILES string of the molecule is Cc1ccc(OCC(=O)NC(C)C)c2c1C(C)CC2=O. The number of carbonyl (C=O) groups is 2. The number of carbonyl (C=O) groups excluding carboxylic acids is 2. The molecule has 0 saturated heterocycles. The lowest BCUT2D eigenvalue weighted by Crippen LogP contribution is -2.34. The molecule has 0 fully saturated rings. The Balaban J connectivity index is 2.18. The number of benzene rings is 1. The second kappa shape index (κ2) is 5.65. The summed E-state index contributed by atoms with van der Waals surface area (Å²) in [6.07, 6.45) is 0.523. The minimum absolute atomic E-state index is 0.0602. The molecule has 0 spiro atoms. The third kappa shape index (κ3) is 2.84. The molecule has 108 valence electrons. The van der Waals surface area contributed by atoms with Crippen LogP contribution in [0.2, 0.25) is 0 Å². The van der Waals surface area contributed by atoms with Crippen LogP contribution in [0.15, 0.2) is 12.1 Å². The Morgan fingerprint density at radius 1 is 1.45 bits per heavy atom. The van der Waals surface area contributed by atoms with E-state index in [9.17, 15) is 9.59 Å². The van der Waals surface area contributed by atoms with Gasteiger partial charge in [0.1, 0.15) is 5.75 Å². The van der Waals surface area contributed by atoms with Gasteiger partial charge in [-0.2, -0.15) is 0 Å². The first kappa shape index (κ1) is 14.6. The minimum Gasteiger partial charge on any atom is -0.483 e. The average molecular weight is 275 g/mol. The van der Waals surface area contributed by atoms with E-state index in [4.69, 9.17) is 4.74 Å². The summed E-state index contributed by atoms with van der Waals surface area (Å²) in [5.74, 6) is 0.688. The number of rotatable bonds is 4. The van der Waals surface area contributed by atoms with Crippen molar-refractivity contribution in [3.8, 4) is 5.75 Å². The quantitative estimate of drug-likeness (QED) is 0.919. The summed E-state index contributed by atoms with van der Waals surface area (Å²) in [5, 5.41) is 2.76. The fourth-order valence-corrected chi connectivity index (χ4v) is 2.74. The highest BCUT2D eigenvalue weighted by atomic mass is 16.5. The van der Waals surface area contributed by atoms with E-state index in [-0.39, 0.29) is 30.3 Å². The summed E-state index contributed by atoms with van der Waals surface area (Å²) in [6.45, 7) is 7.78. The second-order valence-corrected chi connectivity index (χ2v) is 5.71. The van der Waals surface area contributed by atoms with Crippen LogP contribution < -0.4 is 10.1 Å². The van der Waals surface area contributed by atoms with E-state index in [0.29, 0.717) is 17.7 Å². The third-order valence-electron chi connectivity index (χ3n) is 3.50. The molecule has 1 amide bonds. The van der Waals surface area contributed by atoms with Crippen molar-refractivity contribution in [3.63, 3.8) is 0 Å². The average Bonchev–Trinajstić information content (AvgIpc) is 2.64. The molecule has 0 aromatic heterocycles. The molecule has 0 aliphatic heterocycles. The normalized spacial score (nSPS) is 17.2. The van der Waals surface area contributed by atoms with Gasteiger partial charge >= 0.3 is 0 Å². The molecular weight excluding hydrogens is 254 g/mol. The predicted molar refractivity (Wildman–Crippen MR) is 77.3 cm³/mol. The molecule has 0 heterocycles. The molecule has 1 atom stereocenters. The largest absolute Gasteiger partial charge is 0.483 e. The van der Waals surface area contributed by atoms with E-state index in [1.54, 1.807) is 6.07 Å². The highest BCUT2D eigenvalue weighted by molar-refractivity contribution is 6.04. The Morgan fingerprint density at radius 3 is 2.80 bits per heavy atom. The number of aryl methyl sites for hydroxylation is 1. The highest BCUT2D eigenvalue weighted by Crippen LogP contribution is 2.40. The summed E-state index contributed by atoms with van der Waals surface area (Å²) in [6, 6.07) is 3.81. The molecule has 20 heavy (non-hydrogen) atoms. The van der Waals surface area contributed by atoms with E-state index in [1.807, 2.05) is 33.8 Å². The number of Topliss-reactive ketones (excluding diaryl/α,β-unsaturated/α-hetero) is 1. The molecular formula is C16H21NO3. The monoisotopic (exact) mass is 275 g/mol. The van der Waals surface area contributed by atoms with E-state index in [2.05, 4.69) is 5.32 Å². The first-order chi connectivity index (χ1) is 9.40. The van der Waals surface area contributed by atoms with Crippen LogP contribution in [0.4, 0.5) is 0 Å². The topological polar surface area (TPSA) is 55.4 Å². The summed E-state index contributed by atoms with van der Waals surface area (Å²) >= 11 is 0. The molecule has 0 bridgehead atoms. The van der Waals surface area contributed by atoms with Crippen LogP contribution in [-0.4, -0.2) is 24.3 Å². The smallest absolute Gasteiger partial charge is 0.258 e. The lowest BCUT2D eigenvalue weighted by atomic mass is 9.97. The number of ether oxygens (including phenoxy) is 1. The van der Waals surface area contributed by atoms with Gasteiger partial charge in [0, 0.05) is 12.5 Å². The first-order valence-electron chi connectivity index (χ1n) is 6.99. The van der Waals surface area contributed by atoms with E-state index in [1.165, 1.54) is 0 Å². The van der Waals surface area contributed by atoms with Crippen molar-refractivity contribution in [2.24, 2.45) is 0 Å². The molecule has 4 nitrogen and oxygen atoms in total. The van der Waals surface area contributed by atoms with Crippen molar-refractivity contribution in [2.75, 3.05) is 6.61 Å². The summed E-state index contributed by atoms with van der Waals surface area (Å²) in [7, 11) is 0. The van der Waals surface area contributed by atoms with Crippen molar-refractivity contribution in [3.05, 3.63) is 28.8 Å². The number of hydrogen-bond acceptors (Lipinski definition) is 3. The maximum atomic E-state index is 12.1. The first-order valence-corrected chi connectivity index (χ1v) is 6.99. The predicted octanol–water partition coefficient (Wildman–Crippen LogP) is 2.59. The van der Waals surface area contributed by atoms with Gasteiger partial charge in [-0.05, 0) is 43.9 Å². The van der Waals surface area contributed by atoms with Gasteiger partial charge in [0.2, 0.25) is 0 Å². The molecule has 1 aliphatic rings. The molecule has 4 heteroatoms. The Morgan fingerprint density at radius 2 is 2.15 bits per heavy atom. The van der Waals surface area contributed by atoms with Crippen LogP contribution >= 0.6 is 0 Å².